The van der Waals surface area contributed by atoms with Gasteiger partial charge in [0, 0.05) is 11.6 Å². The number of halogens is 1. The Balaban J connectivity index is 2.11. The maximum atomic E-state index is 12.2. The van der Waals surface area contributed by atoms with Gasteiger partial charge in [0.15, 0.2) is 5.82 Å². The molecule has 0 aliphatic carbocycles. The molecular weight excluding hydrogens is 342 g/mol. The summed E-state index contributed by atoms with van der Waals surface area (Å²) in [5.74, 6) is 0.219. The summed E-state index contributed by atoms with van der Waals surface area (Å²) in [5.41, 5.74) is 2.27. The standard InChI is InChI=1S/C18H14ClN3O3/c1-10-6-7-12(9-15(10)22(24)25)8-14(19)17-20-16-11(2)4-3-5-13(16)18(23)21-17/h3-9H,1-2H3,(H,20,21,23)/b14-8-. The highest BCUT2D eigenvalue weighted by atomic mass is 35.5. The Labute approximate surface area is 147 Å². The second kappa shape index (κ2) is 6.49. The second-order valence-corrected chi connectivity index (χ2v) is 6.09. The van der Waals surface area contributed by atoms with E-state index < -0.39 is 4.92 Å². The van der Waals surface area contributed by atoms with Crippen molar-refractivity contribution in [3.63, 3.8) is 0 Å². The van der Waals surface area contributed by atoms with Gasteiger partial charge in [0.05, 0.1) is 20.9 Å². The van der Waals surface area contributed by atoms with Crippen LogP contribution in [-0.4, -0.2) is 14.9 Å². The Kier molecular flexibility index (Phi) is 4.37. The fourth-order valence-corrected chi connectivity index (χ4v) is 2.76. The summed E-state index contributed by atoms with van der Waals surface area (Å²) in [6.07, 6.45) is 1.54. The van der Waals surface area contributed by atoms with Crippen LogP contribution in [0.2, 0.25) is 0 Å². The van der Waals surface area contributed by atoms with E-state index in [1.807, 2.05) is 13.0 Å². The molecule has 25 heavy (non-hydrogen) atoms. The highest BCUT2D eigenvalue weighted by Crippen LogP contribution is 2.24. The van der Waals surface area contributed by atoms with Crippen LogP contribution in [0, 0.1) is 24.0 Å². The molecule has 0 aliphatic heterocycles. The van der Waals surface area contributed by atoms with Crippen LogP contribution in [0.4, 0.5) is 5.69 Å². The lowest BCUT2D eigenvalue weighted by atomic mass is 10.1. The average Bonchev–Trinajstić information content (AvgIpc) is 2.57. The number of aromatic amines is 1. The van der Waals surface area contributed by atoms with Gasteiger partial charge < -0.3 is 4.98 Å². The molecule has 0 saturated heterocycles. The number of nitro groups is 1. The summed E-state index contributed by atoms with van der Waals surface area (Å²) in [7, 11) is 0. The minimum atomic E-state index is -0.444. The first-order valence-electron chi connectivity index (χ1n) is 7.49. The minimum Gasteiger partial charge on any atom is -0.305 e. The van der Waals surface area contributed by atoms with Crippen LogP contribution in [0.25, 0.3) is 22.0 Å². The maximum absolute atomic E-state index is 12.2. The van der Waals surface area contributed by atoms with Crippen LogP contribution >= 0.6 is 11.6 Å². The van der Waals surface area contributed by atoms with Crippen molar-refractivity contribution in [3.05, 3.63) is 79.4 Å². The van der Waals surface area contributed by atoms with Crippen LogP contribution in [0.3, 0.4) is 0 Å². The first-order valence-corrected chi connectivity index (χ1v) is 7.87. The molecule has 2 aromatic carbocycles. The number of aromatic nitrogens is 2. The van der Waals surface area contributed by atoms with E-state index in [0.29, 0.717) is 22.0 Å². The smallest absolute Gasteiger partial charge is 0.272 e. The zero-order valence-electron chi connectivity index (χ0n) is 13.5. The number of nitrogens with one attached hydrogen (secondary N) is 1. The lowest BCUT2D eigenvalue weighted by Gasteiger charge is -2.05. The molecule has 1 N–H and O–H groups in total. The van der Waals surface area contributed by atoms with Gasteiger partial charge in [-0.1, -0.05) is 35.9 Å². The molecule has 0 aliphatic rings. The highest BCUT2D eigenvalue weighted by Gasteiger charge is 2.12. The molecule has 0 bridgehead atoms. The van der Waals surface area contributed by atoms with Crippen molar-refractivity contribution in [2.24, 2.45) is 0 Å². The number of H-pyrrole nitrogens is 1. The number of hydrogen-bond acceptors (Lipinski definition) is 4. The highest BCUT2D eigenvalue weighted by molar-refractivity contribution is 6.50. The molecule has 0 radical (unpaired) electrons. The zero-order chi connectivity index (χ0) is 18.1. The molecule has 7 heteroatoms. The van der Waals surface area contributed by atoms with Gasteiger partial charge in [0.2, 0.25) is 0 Å². The fraction of sp³-hybridized carbons (Fsp3) is 0.111. The Morgan fingerprint density at radius 2 is 2.00 bits per heavy atom. The molecule has 1 aromatic heterocycles. The van der Waals surface area contributed by atoms with Gasteiger partial charge in [-0.15, -0.1) is 0 Å². The third-order valence-electron chi connectivity index (χ3n) is 3.89. The fourth-order valence-electron chi connectivity index (χ4n) is 2.55. The van der Waals surface area contributed by atoms with E-state index in [0.717, 1.165) is 5.56 Å². The number of nitro benzene ring substituents is 1. The summed E-state index contributed by atoms with van der Waals surface area (Å²) in [6, 6.07) is 10.1. The van der Waals surface area contributed by atoms with Gasteiger partial charge in [-0.05, 0) is 37.1 Å². The average molecular weight is 356 g/mol. The molecule has 3 rings (SSSR count). The molecule has 0 amide bonds. The van der Waals surface area contributed by atoms with Crippen LogP contribution in [0.15, 0.2) is 41.2 Å². The number of hydrogen-bond donors (Lipinski definition) is 1. The van der Waals surface area contributed by atoms with E-state index in [9.17, 15) is 14.9 Å². The minimum absolute atomic E-state index is 0.00836. The Morgan fingerprint density at radius 1 is 1.24 bits per heavy atom. The number of aryl methyl sites for hydroxylation is 2. The van der Waals surface area contributed by atoms with Crippen molar-refractivity contribution in [1.29, 1.82) is 0 Å². The zero-order valence-corrected chi connectivity index (χ0v) is 14.3. The van der Waals surface area contributed by atoms with Crippen molar-refractivity contribution in [2.45, 2.75) is 13.8 Å². The van der Waals surface area contributed by atoms with Gasteiger partial charge >= 0.3 is 0 Å². The summed E-state index contributed by atoms with van der Waals surface area (Å²) in [5, 5.41) is 11.7. The van der Waals surface area contributed by atoms with Gasteiger partial charge in [0.25, 0.3) is 11.2 Å². The number of rotatable bonds is 3. The lowest BCUT2D eigenvalue weighted by Crippen LogP contribution is -2.11. The third kappa shape index (κ3) is 3.29. The first kappa shape index (κ1) is 16.9. The number of benzene rings is 2. The SMILES string of the molecule is Cc1ccc(/C=C(\Cl)c2nc3c(C)cccc3c(=O)[nH]2)cc1[N+](=O)[O-]. The molecule has 0 spiro atoms. The van der Waals surface area contributed by atoms with Gasteiger partial charge in [-0.25, -0.2) is 4.98 Å². The van der Waals surface area contributed by atoms with E-state index in [1.54, 1.807) is 31.2 Å². The van der Waals surface area contributed by atoms with Gasteiger partial charge in [0.1, 0.15) is 0 Å². The van der Waals surface area contributed by atoms with Crippen molar-refractivity contribution < 1.29 is 4.92 Å². The summed E-state index contributed by atoms with van der Waals surface area (Å²) < 4.78 is 0. The summed E-state index contributed by atoms with van der Waals surface area (Å²) in [6.45, 7) is 3.53. The first-order chi connectivity index (χ1) is 11.9. The lowest BCUT2D eigenvalue weighted by molar-refractivity contribution is -0.385. The Hall–Kier alpha value is -2.99. The quantitative estimate of drug-likeness (QED) is 0.563. The second-order valence-electron chi connectivity index (χ2n) is 5.68. The van der Waals surface area contributed by atoms with Gasteiger partial charge in [-0.2, -0.15) is 0 Å². The van der Waals surface area contributed by atoms with Crippen LogP contribution in [-0.2, 0) is 0 Å². The number of nitrogens with zero attached hydrogens (tertiary/aromatic N) is 2. The van der Waals surface area contributed by atoms with Crippen molar-refractivity contribution in [3.8, 4) is 0 Å². The van der Waals surface area contributed by atoms with E-state index in [2.05, 4.69) is 9.97 Å². The van der Waals surface area contributed by atoms with Crippen molar-refractivity contribution in [2.75, 3.05) is 0 Å². The molecule has 0 atom stereocenters. The molecule has 126 valence electrons. The Bertz CT molecular complexity index is 1090. The normalized spacial score (nSPS) is 11.7. The molecule has 0 saturated carbocycles. The van der Waals surface area contributed by atoms with E-state index >= 15 is 0 Å². The monoisotopic (exact) mass is 355 g/mol. The molecule has 3 aromatic rings. The van der Waals surface area contributed by atoms with Crippen LogP contribution < -0.4 is 5.56 Å². The Morgan fingerprint density at radius 3 is 2.72 bits per heavy atom. The van der Waals surface area contributed by atoms with E-state index in [-0.39, 0.29) is 22.1 Å². The van der Waals surface area contributed by atoms with Crippen LogP contribution in [0.5, 0.6) is 0 Å². The summed E-state index contributed by atoms with van der Waals surface area (Å²) in [4.78, 5) is 29.9. The van der Waals surface area contributed by atoms with E-state index in [1.165, 1.54) is 12.1 Å². The van der Waals surface area contributed by atoms with E-state index in [4.69, 9.17) is 11.6 Å². The van der Waals surface area contributed by atoms with Crippen molar-refractivity contribution >= 4 is 39.3 Å². The summed E-state index contributed by atoms with van der Waals surface area (Å²) >= 11 is 6.30. The molecule has 0 unspecified atom stereocenters. The topological polar surface area (TPSA) is 88.9 Å². The van der Waals surface area contributed by atoms with Gasteiger partial charge in [-0.3, -0.25) is 14.9 Å². The third-order valence-corrected chi connectivity index (χ3v) is 4.18. The molecule has 1 heterocycles. The molecular formula is C18H14ClN3O3. The number of para-hydroxylation sites is 1. The molecule has 6 nitrogen and oxygen atoms in total. The predicted molar refractivity (Wildman–Crippen MR) is 98.7 cm³/mol. The van der Waals surface area contributed by atoms with Crippen LogP contribution in [0.1, 0.15) is 22.5 Å². The van der Waals surface area contributed by atoms with Crippen molar-refractivity contribution in [1.82, 2.24) is 9.97 Å². The maximum Gasteiger partial charge on any atom is 0.272 e. The largest absolute Gasteiger partial charge is 0.305 e. The predicted octanol–water partition coefficient (Wildman–Crippen LogP) is 4.19. The number of fused-ring (bicyclic) bond motifs is 1. The molecule has 0 fully saturated rings.